The second-order valence-corrected chi connectivity index (χ2v) is 8.54. The van der Waals surface area contributed by atoms with E-state index >= 15 is 0 Å². The summed E-state index contributed by atoms with van der Waals surface area (Å²) in [5.74, 6) is -2.86. The van der Waals surface area contributed by atoms with E-state index in [4.69, 9.17) is 4.74 Å². The molecule has 9 nitrogen and oxygen atoms in total. The van der Waals surface area contributed by atoms with E-state index in [2.05, 4.69) is 53.6 Å². The van der Waals surface area contributed by atoms with E-state index in [0.717, 1.165) is 8.95 Å². The summed E-state index contributed by atoms with van der Waals surface area (Å²) in [6.45, 7) is 0. The summed E-state index contributed by atoms with van der Waals surface area (Å²) in [5.41, 5.74) is 9.37. The summed E-state index contributed by atoms with van der Waals surface area (Å²) in [7, 11) is 0. The van der Waals surface area contributed by atoms with Crippen LogP contribution in [0.4, 0.5) is 0 Å². The second-order valence-electron chi connectivity index (χ2n) is 6.71. The third-order valence-electron chi connectivity index (χ3n) is 4.28. The van der Waals surface area contributed by atoms with Gasteiger partial charge in [-0.05, 0) is 60.7 Å². The third kappa shape index (κ3) is 7.15. The van der Waals surface area contributed by atoms with Gasteiger partial charge in [0.1, 0.15) is 5.75 Å². The van der Waals surface area contributed by atoms with Gasteiger partial charge in [0.05, 0.1) is 0 Å². The fourth-order valence-electron chi connectivity index (χ4n) is 2.58. The molecule has 0 saturated carbocycles. The number of hydrogen-bond donors (Lipinski definition) is 4. The molecule has 0 aliphatic heterocycles. The van der Waals surface area contributed by atoms with Crippen LogP contribution in [0.1, 0.15) is 20.7 Å². The van der Waals surface area contributed by atoms with E-state index in [-0.39, 0.29) is 16.9 Å². The third-order valence-corrected chi connectivity index (χ3v) is 5.34. The molecule has 0 radical (unpaired) electrons. The van der Waals surface area contributed by atoms with E-state index in [9.17, 15) is 19.2 Å². The molecule has 0 fully saturated rings. The zero-order valence-corrected chi connectivity index (χ0v) is 20.6. The van der Waals surface area contributed by atoms with Gasteiger partial charge < -0.3 is 4.74 Å². The molecule has 0 aliphatic rings. The topological polar surface area (TPSA) is 126 Å². The van der Waals surface area contributed by atoms with Crippen molar-refractivity contribution in [3.8, 4) is 5.75 Å². The molecule has 34 heavy (non-hydrogen) atoms. The predicted molar refractivity (Wildman–Crippen MR) is 130 cm³/mol. The maximum Gasteiger partial charge on any atom is 0.289 e. The molecule has 3 aromatic carbocycles. The van der Waals surface area contributed by atoms with E-state index in [1.807, 2.05) is 0 Å². The Morgan fingerprint density at radius 3 is 1.41 bits per heavy atom. The van der Waals surface area contributed by atoms with Crippen LogP contribution in [0.25, 0.3) is 0 Å². The number of nitrogens with one attached hydrogen (secondary N) is 4. The molecular formula is C23H18Br2N4O5. The van der Waals surface area contributed by atoms with Crippen molar-refractivity contribution in [3.63, 3.8) is 0 Å². The van der Waals surface area contributed by atoms with Gasteiger partial charge in [0.15, 0.2) is 0 Å². The van der Waals surface area contributed by atoms with Crippen LogP contribution < -0.4 is 26.4 Å². The molecule has 4 N–H and O–H groups in total. The van der Waals surface area contributed by atoms with Crippen molar-refractivity contribution < 1.29 is 23.9 Å². The molecular weight excluding hydrogens is 572 g/mol. The highest BCUT2D eigenvalue weighted by Crippen LogP contribution is 2.13. The smallest absolute Gasteiger partial charge is 0.289 e. The van der Waals surface area contributed by atoms with Gasteiger partial charge in [-0.15, -0.1) is 0 Å². The van der Waals surface area contributed by atoms with E-state index in [1.165, 1.54) is 0 Å². The number of ether oxygens (including phenoxy) is 1. The quantitative estimate of drug-likeness (QED) is 0.260. The highest BCUT2D eigenvalue weighted by atomic mass is 79.9. The standard InChI is InChI=1S/C23H18Br2N4O5/c24-16-10-6-14(7-11-16)20(30)26-28-22(32)19(34-18-4-2-1-3-5-18)23(33)29-27-21(31)15-8-12-17(25)13-9-15/h1-13,19H,(H,26,30)(H,27,31)(H,28,32)(H,29,33). The van der Waals surface area contributed by atoms with Gasteiger partial charge in [-0.1, -0.05) is 50.1 Å². The van der Waals surface area contributed by atoms with Crippen molar-refractivity contribution in [3.05, 3.63) is 98.9 Å². The van der Waals surface area contributed by atoms with Gasteiger partial charge in [-0.2, -0.15) is 0 Å². The van der Waals surface area contributed by atoms with Crippen LogP contribution in [0.15, 0.2) is 87.8 Å². The Bertz CT molecular complexity index is 1100. The van der Waals surface area contributed by atoms with Crippen LogP contribution in [-0.2, 0) is 9.59 Å². The van der Waals surface area contributed by atoms with Crippen LogP contribution >= 0.6 is 31.9 Å². The van der Waals surface area contributed by atoms with Crippen LogP contribution in [0.5, 0.6) is 5.75 Å². The summed E-state index contributed by atoms with van der Waals surface area (Å²) in [6, 6.07) is 21.0. The normalized spacial score (nSPS) is 10.2. The number of hydrogen-bond acceptors (Lipinski definition) is 5. The maximum absolute atomic E-state index is 12.7. The molecule has 0 atom stereocenters. The first-order valence-corrected chi connectivity index (χ1v) is 11.4. The van der Waals surface area contributed by atoms with Crippen LogP contribution in [0.2, 0.25) is 0 Å². The zero-order chi connectivity index (χ0) is 24.5. The van der Waals surface area contributed by atoms with Gasteiger partial charge >= 0.3 is 0 Å². The van der Waals surface area contributed by atoms with Crippen molar-refractivity contribution in [1.82, 2.24) is 21.7 Å². The lowest BCUT2D eigenvalue weighted by Crippen LogP contribution is -2.56. The van der Waals surface area contributed by atoms with Gasteiger partial charge in [0, 0.05) is 20.1 Å². The molecule has 3 aromatic rings. The van der Waals surface area contributed by atoms with E-state index in [0.29, 0.717) is 0 Å². The Hall–Kier alpha value is -3.70. The number of benzene rings is 3. The SMILES string of the molecule is O=C(NNC(=O)C(Oc1ccccc1)C(=O)NNC(=O)c1ccc(Br)cc1)c1ccc(Br)cc1. The molecule has 0 saturated heterocycles. The lowest BCUT2D eigenvalue weighted by atomic mass is 10.2. The number of carbonyl (C=O) groups is 4. The Balaban J connectivity index is 1.65. The van der Waals surface area contributed by atoms with Gasteiger partial charge in [0.2, 0.25) is 0 Å². The Morgan fingerprint density at radius 2 is 1.00 bits per heavy atom. The maximum atomic E-state index is 12.7. The highest BCUT2D eigenvalue weighted by molar-refractivity contribution is 9.10. The minimum absolute atomic E-state index is 0.233. The highest BCUT2D eigenvalue weighted by Gasteiger charge is 2.30. The second kappa shape index (κ2) is 12.0. The first kappa shape index (κ1) is 24.9. The average Bonchev–Trinajstić information content (AvgIpc) is 2.85. The molecule has 0 aromatic heterocycles. The van der Waals surface area contributed by atoms with Gasteiger partial charge in [-0.3, -0.25) is 40.9 Å². The van der Waals surface area contributed by atoms with E-state index < -0.39 is 29.7 Å². The largest absolute Gasteiger partial charge is 0.470 e. The Kier molecular flexibility index (Phi) is 8.77. The first-order chi connectivity index (χ1) is 16.3. The lowest BCUT2D eigenvalue weighted by molar-refractivity contribution is -0.140. The minimum atomic E-state index is -1.72. The average molecular weight is 590 g/mol. The number of para-hydroxylation sites is 1. The first-order valence-electron chi connectivity index (χ1n) is 9.77. The molecule has 11 heteroatoms. The fourth-order valence-corrected chi connectivity index (χ4v) is 3.10. The molecule has 0 heterocycles. The summed E-state index contributed by atoms with van der Waals surface area (Å²) < 4.78 is 7.07. The lowest BCUT2D eigenvalue weighted by Gasteiger charge is -2.19. The number of hydrazine groups is 2. The molecule has 0 bridgehead atoms. The van der Waals surface area contributed by atoms with Crippen molar-refractivity contribution >= 4 is 55.5 Å². The van der Waals surface area contributed by atoms with Crippen molar-refractivity contribution in [2.75, 3.05) is 0 Å². The molecule has 0 spiro atoms. The molecule has 174 valence electrons. The van der Waals surface area contributed by atoms with Crippen LogP contribution in [0.3, 0.4) is 0 Å². The monoisotopic (exact) mass is 588 g/mol. The number of carbonyl (C=O) groups excluding carboxylic acids is 4. The van der Waals surface area contributed by atoms with Crippen molar-refractivity contribution in [2.24, 2.45) is 0 Å². The summed E-state index contributed by atoms with van der Waals surface area (Å²) in [4.78, 5) is 49.9. The van der Waals surface area contributed by atoms with Crippen molar-refractivity contribution in [2.45, 2.75) is 6.10 Å². The molecule has 4 amide bonds. The van der Waals surface area contributed by atoms with Gasteiger partial charge in [-0.25, -0.2) is 0 Å². The molecule has 3 rings (SSSR count). The summed E-state index contributed by atoms with van der Waals surface area (Å²) in [5, 5.41) is 0. The Morgan fingerprint density at radius 1 is 0.588 bits per heavy atom. The number of rotatable bonds is 6. The van der Waals surface area contributed by atoms with Crippen LogP contribution in [0, 0.1) is 0 Å². The Labute approximate surface area is 211 Å². The van der Waals surface area contributed by atoms with E-state index in [1.54, 1.807) is 78.9 Å². The zero-order valence-electron chi connectivity index (χ0n) is 17.4. The summed E-state index contributed by atoms with van der Waals surface area (Å²) in [6.07, 6.45) is -1.72. The number of amides is 4. The molecule has 0 aliphatic carbocycles. The fraction of sp³-hybridized carbons (Fsp3) is 0.0435. The number of halogens is 2. The van der Waals surface area contributed by atoms with Crippen molar-refractivity contribution in [1.29, 1.82) is 0 Å². The van der Waals surface area contributed by atoms with Gasteiger partial charge in [0.25, 0.3) is 29.7 Å². The molecule has 0 unspecified atom stereocenters. The van der Waals surface area contributed by atoms with Crippen LogP contribution in [-0.4, -0.2) is 29.7 Å². The summed E-state index contributed by atoms with van der Waals surface area (Å²) >= 11 is 6.54. The minimum Gasteiger partial charge on any atom is -0.470 e. The predicted octanol–water partition coefficient (Wildman–Crippen LogP) is 2.88.